The van der Waals surface area contributed by atoms with Crippen LogP contribution >= 0.6 is 11.6 Å². The number of benzene rings is 1. The number of allylic oxidation sites excluding steroid dienone is 4. The van der Waals surface area contributed by atoms with Crippen molar-refractivity contribution >= 4 is 29.0 Å². The minimum atomic E-state index is -0.359. The van der Waals surface area contributed by atoms with Crippen LogP contribution in [0.25, 0.3) is 0 Å². The monoisotopic (exact) mass is 382 g/mol. The van der Waals surface area contributed by atoms with E-state index in [4.69, 9.17) is 17.3 Å². The van der Waals surface area contributed by atoms with E-state index in [9.17, 15) is 4.79 Å². The van der Waals surface area contributed by atoms with Crippen molar-refractivity contribution < 1.29 is 9.53 Å². The molecule has 2 aliphatic heterocycles. The highest BCUT2D eigenvalue weighted by molar-refractivity contribution is 6.68. The Balaban J connectivity index is 1.66. The first-order chi connectivity index (χ1) is 13.1. The van der Waals surface area contributed by atoms with Gasteiger partial charge in [-0.2, -0.15) is 0 Å². The molecule has 0 radical (unpaired) electrons. The van der Waals surface area contributed by atoms with Gasteiger partial charge in [-0.3, -0.25) is 4.99 Å². The van der Waals surface area contributed by atoms with E-state index in [0.717, 1.165) is 22.4 Å². The van der Waals surface area contributed by atoms with Crippen LogP contribution < -0.4 is 11.1 Å². The SMILES string of the molecule is COC(=O)c1ccc(CN=CC(=CN)C2=CNC3C=CC(Cl)=NC3=C2)cc1. The summed E-state index contributed by atoms with van der Waals surface area (Å²) in [6.45, 7) is 0.464. The fourth-order valence-corrected chi connectivity index (χ4v) is 2.81. The summed E-state index contributed by atoms with van der Waals surface area (Å²) in [6, 6.07) is 7.13. The molecule has 1 aromatic carbocycles. The standard InChI is InChI=1S/C20H19ClN4O2/c1-27-20(26)14-4-2-13(3-5-14)10-23-11-16(9-22)15-8-18-17(24-12-15)6-7-19(21)25-18/h2-9,11-12,17,24H,10,22H2,1H3. The number of hydrogen-bond donors (Lipinski definition) is 2. The Kier molecular flexibility index (Phi) is 5.88. The molecule has 3 N–H and O–H groups in total. The summed E-state index contributed by atoms with van der Waals surface area (Å²) in [7, 11) is 1.36. The summed E-state index contributed by atoms with van der Waals surface area (Å²) < 4.78 is 4.69. The average molecular weight is 383 g/mol. The predicted molar refractivity (Wildman–Crippen MR) is 108 cm³/mol. The largest absolute Gasteiger partial charge is 0.465 e. The summed E-state index contributed by atoms with van der Waals surface area (Å²) in [6.07, 6.45) is 10.7. The predicted octanol–water partition coefficient (Wildman–Crippen LogP) is 2.83. The third kappa shape index (κ3) is 4.54. The van der Waals surface area contributed by atoms with Gasteiger partial charge in [-0.1, -0.05) is 29.8 Å². The van der Waals surface area contributed by atoms with Crippen LogP contribution in [-0.4, -0.2) is 30.5 Å². The van der Waals surface area contributed by atoms with Gasteiger partial charge in [-0.15, -0.1) is 0 Å². The lowest BCUT2D eigenvalue weighted by molar-refractivity contribution is 0.0600. The van der Waals surface area contributed by atoms with Crippen LogP contribution in [0.1, 0.15) is 15.9 Å². The van der Waals surface area contributed by atoms with Gasteiger partial charge in [-0.25, -0.2) is 9.79 Å². The Morgan fingerprint density at radius 3 is 2.89 bits per heavy atom. The first-order valence-corrected chi connectivity index (χ1v) is 8.68. The molecule has 0 aromatic heterocycles. The molecule has 1 atom stereocenters. The summed E-state index contributed by atoms with van der Waals surface area (Å²) in [5.74, 6) is -0.359. The Morgan fingerprint density at radius 1 is 1.41 bits per heavy atom. The van der Waals surface area contributed by atoms with Gasteiger partial charge in [-0.05, 0) is 29.8 Å². The molecule has 0 saturated carbocycles. The molecule has 7 heteroatoms. The Hall–Kier alpha value is -3.12. The maximum atomic E-state index is 11.5. The van der Waals surface area contributed by atoms with Gasteiger partial charge in [0.25, 0.3) is 0 Å². The third-order valence-electron chi connectivity index (χ3n) is 4.09. The highest BCUT2D eigenvalue weighted by Gasteiger charge is 2.18. The van der Waals surface area contributed by atoms with E-state index < -0.39 is 0 Å². The molecule has 0 saturated heterocycles. The molecule has 2 heterocycles. The van der Waals surface area contributed by atoms with Gasteiger partial charge < -0.3 is 15.8 Å². The number of carbonyl (C=O) groups excluding carboxylic acids is 1. The molecular weight excluding hydrogens is 364 g/mol. The molecule has 0 spiro atoms. The molecule has 1 unspecified atom stereocenters. The normalized spacial score (nSPS) is 19.0. The van der Waals surface area contributed by atoms with Crippen LogP contribution in [0.5, 0.6) is 0 Å². The highest BCUT2D eigenvalue weighted by atomic mass is 35.5. The molecule has 0 bridgehead atoms. The van der Waals surface area contributed by atoms with Gasteiger partial charge in [0, 0.05) is 29.8 Å². The number of esters is 1. The van der Waals surface area contributed by atoms with Gasteiger partial charge in [0.15, 0.2) is 0 Å². The van der Waals surface area contributed by atoms with Crippen molar-refractivity contribution in [1.82, 2.24) is 5.32 Å². The number of aliphatic imine (C=N–C) groups is 2. The molecule has 0 fully saturated rings. The maximum Gasteiger partial charge on any atom is 0.337 e. The number of fused-ring (bicyclic) bond motifs is 1. The zero-order chi connectivity index (χ0) is 19.2. The summed E-state index contributed by atoms with van der Waals surface area (Å²) >= 11 is 5.97. The smallest absolute Gasteiger partial charge is 0.337 e. The number of ether oxygens (including phenoxy) is 1. The number of nitrogens with two attached hydrogens (primary N) is 1. The van der Waals surface area contributed by atoms with Crippen molar-refractivity contribution in [2.45, 2.75) is 12.6 Å². The second-order valence-corrected chi connectivity index (χ2v) is 6.27. The van der Waals surface area contributed by atoms with Gasteiger partial charge in [0.2, 0.25) is 0 Å². The maximum absolute atomic E-state index is 11.5. The fourth-order valence-electron chi connectivity index (χ4n) is 2.64. The van der Waals surface area contributed by atoms with Gasteiger partial charge >= 0.3 is 5.97 Å². The van der Waals surface area contributed by atoms with E-state index >= 15 is 0 Å². The number of carbonyl (C=O) groups is 1. The van der Waals surface area contributed by atoms with Gasteiger partial charge in [0.05, 0.1) is 31.0 Å². The van der Waals surface area contributed by atoms with E-state index in [1.54, 1.807) is 24.4 Å². The van der Waals surface area contributed by atoms with Crippen molar-refractivity contribution in [3.8, 4) is 0 Å². The Bertz CT molecular complexity index is 908. The van der Waals surface area contributed by atoms with Crippen molar-refractivity contribution in [3.63, 3.8) is 0 Å². The number of hydrogen-bond acceptors (Lipinski definition) is 6. The summed E-state index contributed by atoms with van der Waals surface area (Å²) in [4.78, 5) is 20.2. The second-order valence-electron chi connectivity index (χ2n) is 5.89. The number of nitrogens with zero attached hydrogens (tertiary/aromatic N) is 2. The third-order valence-corrected chi connectivity index (χ3v) is 4.31. The minimum absolute atomic E-state index is 0.0144. The molecule has 1 aromatic rings. The zero-order valence-corrected chi connectivity index (χ0v) is 15.5. The molecular formula is C20H19ClN4O2. The van der Waals surface area contributed by atoms with Crippen molar-refractivity contribution in [1.29, 1.82) is 0 Å². The molecule has 2 aliphatic rings. The van der Waals surface area contributed by atoms with Crippen LogP contribution in [0.3, 0.4) is 0 Å². The van der Waals surface area contributed by atoms with Crippen LogP contribution in [0.2, 0.25) is 0 Å². The van der Waals surface area contributed by atoms with E-state index in [-0.39, 0.29) is 12.0 Å². The lowest BCUT2D eigenvalue weighted by atomic mass is 10.0. The average Bonchev–Trinajstić information content (AvgIpc) is 2.70. The topological polar surface area (TPSA) is 89.1 Å². The van der Waals surface area contributed by atoms with E-state index in [2.05, 4.69) is 20.0 Å². The summed E-state index contributed by atoms with van der Waals surface area (Å²) in [5, 5.41) is 3.70. The molecule has 0 amide bonds. The Morgan fingerprint density at radius 2 is 2.19 bits per heavy atom. The zero-order valence-electron chi connectivity index (χ0n) is 14.7. The lowest BCUT2D eigenvalue weighted by Crippen LogP contribution is -2.29. The molecule has 0 aliphatic carbocycles. The van der Waals surface area contributed by atoms with E-state index in [1.807, 2.05) is 30.5 Å². The molecule has 138 valence electrons. The highest BCUT2D eigenvalue weighted by Crippen LogP contribution is 2.22. The van der Waals surface area contributed by atoms with E-state index in [1.165, 1.54) is 13.3 Å². The quantitative estimate of drug-likeness (QED) is 0.605. The molecule has 27 heavy (non-hydrogen) atoms. The summed E-state index contributed by atoms with van der Waals surface area (Å²) in [5.41, 5.74) is 9.71. The van der Waals surface area contributed by atoms with Crippen LogP contribution in [-0.2, 0) is 11.3 Å². The lowest BCUT2D eigenvalue weighted by Gasteiger charge is -2.23. The Labute approximate surface area is 162 Å². The van der Waals surface area contributed by atoms with Crippen molar-refractivity contribution in [2.24, 2.45) is 15.7 Å². The number of halogens is 1. The van der Waals surface area contributed by atoms with E-state index in [0.29, 0.717) is 17.3 Å². The van der Waals surface area contributed by atoms with Gasteiger partial charge in [0.1, 0.15) is 5.17 Å². The van der Waals surface area contributed by atoms with Crippen LogP contribution in [0, 0.1) is 0 Å². The first-order valence-electron chi connectivity index (χ1n) is 8.30. The molecule has 6 nitrogen and oxygen atoms in total. The molecule has 3 rings (SSSR count). The fraction of sp³-hybridized carbons (Fsp3) is 0.150. The van der Waals surface area contributed by atoms with Crippen molar-refractivity contribution in [2.75, 3.05) is 7.11 Å². The number of nitrogens with one attached hydrogen (secondary N) is 1. The van der Waals surface area contributed by atoms with Crippen LogP contribution in [0.4, 0.5) is 0 Å². The second kappa shape index (κ2) is 8.51. The number of rotatable bonds is 5. The van der Waals surface area contributed by atoms with Crippen molar-refractivity contribution in [3.05, 3.63) is 82.9 Å². The number of dihydropyridines is 2. The minimum Gasteiger partial charge on any atom is -0.465 e. The number of methoxy groups -OCH3 is 1. The van der Waals surface area contributed by atoms with Crippen LogP contribution in [0.15, 0.2) is 81.7 Å². The first kappa shape index (κ1) is 18.7.